The molecule has 2 rings (SSSR count). The second kappa shape index (κ2) is 5.07. The number of benzene rings is 2. The van der Waals surface area contributed by atoms with E-state index in [0.29, 0.717) is 0 Å². The Morgan fingerprint density at radius 2 is 1.13 bits per heavy atom. The first-order chi connectivity index (χ1) is 7.42. The molecule has 75 valence electrons. The van der Waals surface area contributed by atoms with Crippen LogP contribution in [0.25, 0.3) is 0 Å². The van der Waals surface area contributed by atoms with Crippen molar-refractivity contribution in [2.75, 3.05) is 0 Å². The van der Waals surface area contributed by atoms with Gasteiger partial charge in [0, 0.05) is 0 Å². The second-order valence-corrected chi connectivity index (χ2v) is 6.71. The number of hydrogen-bond acceptors (Lipinski definition) is 1. The summed E-state index contributed by atoms with van der Waals surface area (Å²) in [5.74, 6) is 0. The topological polar surface area (TPSA) is 9.23 Å². The molecule has 0 spiro atoms. The van der Waals surface area contributed by atoms with Gasteiger partial charge in [0.2, 0.25) is 0 Å². The summed E-state index contributed by atoms with van der Waals surface area (Å²) in [6.45, 7) is 0. The van der Waals surface area contributed by atoms with Crippen LogP contribution in [0, 0.1) is 0 Å². The van der Waals surface area contributed by atoms with Crippen molar-refractivity contribution in [2.45, 2.75) is 0 Å². The molecule has 0 aliphatic carbocycles. The quantitative estimate of drug-likeness (QED) is 0.678. The van der Waals surface area contributed by atoms with Crippen LogP contribution in [0.4, 0.5) is 0 Å². The Morgan fingerprint density at radius 3 is 1.47 bits per heavy atom. The maximum atomic E-state index is 5.76. The van der Waals surface area contributed by atoms with Crippen LogP contribution in [0.2, 0.25) is 0 Å². The van der Waals surface area contributed by atoms with Gasteiger partial charge in [-0.2, -0.15) is 0 Å². The van der Waals surface area contributed by atoms with Crippen LogP contribution >= 0.6 is 0 Å². The molecular weight excluding hydrogens is 216 g/mol. The number of hydrogen-bond donors (Lipinski definition) is 0. The molecular formula is C12H13OSi2. The molecule has 1 radical (unpaired) electrons. The first-order valence-electron chi connectivity index (χ1n) is 4.93. The summed E-state index contributed by atoms with van der Waals surface area (Å²) in [6, 6.07) is 21.0. The third-order valence-electron chi connectivity index (χ3n) is 2.28. The van der Waals surface area contributed by atoms with Crippen LogP contribution in [0.15, 0.2) is 60.7 Å². The van der Waals surface area contributed by atoms with E-state index in [1.807, 2.05) is 12.1 Å². The monoisotopic (exact) mass is 229 g/mol. The first-order valence-corrected chi connectivity index (χ1v) is 7.16. The van der Waals surface area contributed by atoms with Gasteiger partial charge in [0.25, 0.3) is 9.04 Å². The van der Waals surface area contributed by atoms with E-state index < -0.39 is 9.04 Å². The molecule has 0 amide bonds. The van der Waals surface area contributed by atoms with Gasteiger partial charge in [0.15, 0.2) is 0 Å². The molecule has 0 aliphatic heterocycles. The minimum Gasteiger partial charge on any atom is -0.457 e. The molecule has 0 unspecified atom stereocenters. The van der Waals surface area contributed by atoms with E-state index in [9.17, 15) is 0 Å². The summed E-state index contributed by atoms with van der Waals surface area (Å²) in [5.41, 5.74) is 0. The average molecular weight is 229 g/mol. The highest BCUT2D eigenvalue weighted by Gasteiger charge is 2.15. The lowest BCUT2D eigenvalue weighted by molar-refractivity contribution is 0.661. The van der Waals surface area contributed by atoms with Crippen LogP contribution in [0.3, 0.4) is 0 Å². The van der Waals surface area contributed by atoms with Crippen molar-refractivity contribution in [3.63, 3.8) is 0 Å². The van der Waals surface area contributed by atoms with Crippen molar-refractivity contribution in [3.8, 4) is 0 Å². The van der Waals surface area contributed by atoms with Crippen LogP contribution < -0.4 is 10.4 Å². The normalized spacial score (nSPS) is 10.7. The zero-order chi connectivity index (χ0) is 10.5. The zero-order valence-electron chi connectivity index (χ0n) is 8.68. The molecule has 0 bridgehead atoms. The maximum Gasteiger partial charge on any atom is 0.271 e. The smallest absolute Gasteiger partial charge is 0.271 e. The molecule has 0 saturated heterocycles. The fraction of sp³-hybridized carbons (Fsp3) is 0. The molecule has 0 saturated carbocycles. The fourth-order valence-electron chi connectivity index (χ4n) is 1.58. The van der Waals surface area contributed by atoms with Gasteiger partial charge in [-0.3, -0.25) is 0 Å². The van der Waals surface area contributed by atoms with Crippen LogP contribution in [-0.2, 0) is 4.12 Å². The summed E-state index contributed by atoms with van der Waals surface area (Å²) in [4.78, 5) is 0. The van der Waals surface area contributed by atoms with E-state index in [4.69, 9.17) is 4.12 Å². The maximum absolute atomic E-state index is 5.76. The van der Waals surface area contributed by atoms with Crippen LogP contribution in [0.5, 0.6) is 0 Å². The third-order valence-corrected chi connectivity index (χ3v) is 5.62. The van der Waals surface area contributed by atoms with Gasteiger partial charge < -0.3 is 4.12 Å². The Balaban J connectivity index is 2.34. The Bertz CT molecular complexity index is 363. The van der Waals surface area contributed by atoms with Gasteiger partial charge in [-0.05, 0) is 10.4 Å². The minimum absolute atomic E-state index is 0.787. The van der Waals surface area contributed by atoms with Gasteiger partial charge >= 0.3 is 0 Å². The molecule has 2 aromatic rings. The lowest BCUT2D eigenvalue weighted by Gasteiger charge is -2.13. The summed E-state index contributed by atoms with van der Waals surface area (Å²) in [7, 11) is -0.190. The van der Waals surface area contributed by atoms with Gasteiger partial charge in [-0.25, -0.2) is 0 Å². The lowest BCUT2D eigenvalue weighted by atomic mass is 10.4. The second-order valence-electron chi connectivity index (χ2n) is 3.27. The highest BCUT2D eigenvalue weighted by Crippen LogP contribution is 1.92. The number of rotatable bonds is 3. The SMILES string of the molecule is [SiH3]O[Si](c1ccccc1)c1ccccc1. The standard InChI is InChI=1S/C12H13OSi2/c14-13-15(11-7-3-1-4-8-11)12-9-5-2-6-10-12/h1-10H,14H3. The predicted molar refractivity (Wildman–Crippen MR) is 68.9 cm³/mol. The zero-order valence-corrected chi connectivity index (χ0v) is 11.7. The Labute approximate surface area is 95.0 Å². The molecule has 0 heterocycles. The van der Waals surface area contributed by atoms with Crippen LogP contribution in [0.1, 0.15) is 0 Å². The van der Waals surface area contributed by atoms with E-state index in [1.165, 1.54) is 10.4 Å². The molecule has 15 heavy (non-hydrogen) atoms. The van der Waals surface area contributed by atoms with E-state index >= 15 is 0 Å². The van der Waals surface area contributed by atoms with Gasteiger partial charge in [-0.15, -0.1) is 0 Å². The molecule has 1 nitrogen and oxygen atoms in total. The van der Waals surface area contributed by atoms with E-state index in [0.717, 1.165) is 10.5 Å². The van der Waals surface area contributed by atoms with E-state index in [1.54, 1.807) is 0 Å². The Morgan fingerprint density at radius 1 is 0.733 bits per heavy atom. The summed E-state index contributed by atoms with van der Waals surface area (Å²) < 4.78 is 5.76. The predicted octanol–water partition coefficient (Wildman–Crippen LogP) is 0.0893. The van der Waals surface area contributed by atoms with E-state index in [2.05, 4.69) is 48.5 Å². The molecule has 0 atom stereocenters. The van der Waals surface area contributed by atoms with Crippen molar-refractivity contribution in [1.29, 1.82) is 0 Å². The molecule has 0 fully saturated rings. The highest BCUT2D eigenvalue weighted by atomic mass is 28.3. The Kier molecular flexibility index (Phi) is 3.50. The molecule has 0 aromatic heterocycles. The van der Waals surface area contributed by atoms with Gasteiger partial charge in [-0.1, -0.05) is 60.7 Å². The fourth-order valence-corrected chi connectivity index (χ4v) is 4.79. The van der Waals surface area contributed by atoms with Gasteiger partial charge in [0.05, 0.1) is 0 Å². The molecule has 3 heteroatoms. The highest BCUT2D eigenvalue weighted by molar-refractivity contribution is 6.81. The largest absolute Gasteiger partial charge is 0.457 e. The average Bonchev–Trinajstić information content (AvgIpc) is 2.33. The van der Waals surface area contributed by atoms with Gasteiger partial charge in [0.1, 0.15) is 10.5 Å². The van der Waals surface area contributed by atoms with Crippen molar-refractivity contribution < 1.29 is 4.12 Å². The summed E-state index contributed by atoms with van der Waals surface area (Å²) in [5, 5.41) is 2.65. The first kappa shape index (κ1) is 10.4. The molecule has 2 aromatic carbocycles. The van der Waals surface area contributed by atoms with Crippen molar-refractivity contribution >= 4 is 29.9 Å². The van der Waals surface area contributed by atoms with E-state index in [-0.39, 0.29) is 0 Å². The summed E-state index contributed by atoms with van der Waals surface area (Å²) in [6.07, 6.45) is 0. The van der Waals surface area contributed by atoms with Crippen molar-refractivity contribution in [2.24, 2.45) is 0 Å². The van der Waals surface area contributed by atoms with Crippen molar-refractivity contribution in [1.82, 2.24) is 0 Å². The molecule has 0 N–H and O–H groups in total. The van der Waals surface area contributed by atoms with Crippen LogP contribution in [-0.4, -0.2) is 19.5 Å². The Hall–Kier alpha value is -1.17. The third kappa shape index (κ3) is 2.44. The van der Waals surface area contributed by atoms with Crippen molar-refractivity contribution in [3.05, 3.63) is 60.7 Å². The minimum atomic E-state index is -0.977. The molecule has 0 aliphatic rings. The lowest BCUT2D eigenvalue weighted by Crippen LogP contribution is -2.44. The summed E-state index contributed by atoms with van der Waals surface area (Å²) >= 11 is 0.